The summed E-state index contributed by atoms with van der Waals surface area (Å²) in [6.07, 6.45) is 3.36. The second kappa shape index (κ2) is 11.4. The van der Waals surface area contributed by atoms with Gasteiger partial charge in [-0.3, -0.25) is 9.59 Å². The van der Waals surface area contributed by atoms with Crippen molar-refractivity contribution in [2.45, 2.75) is 31.7 Å². The molecule has 1 rings (SSSR count). The highest BCUT2D eigenvalue weighted by molar-refractivity contribution is 5.79. The zero-order chi connectivity index (χ0) is 17.1. The maximum Gasteiger partial charge on any atom is 0.246 e. The van der Waals surface area contributed by atoms with E-state index in [4.69, 9.17) is 9.47 Å². The molecule has 0 saturated heterocycles. The zero-order valence-electron chi connectivity index (χ0n) is 14.6. The lowest BCUT2D eigenvalue weighted by Gasteiger charge is -2.31. The van der Waals surface area contributed by atoms with Crippen LogP contribution in [0.1, 0.15) is 25.7 Å². The van der Waals surface area contributed by atoms with Gasteiger partial charge in [-0.25, -0.2) is 0 Å². The van der Waals surface area contributed by atoms with Crippen LogP contribution in [0.5, 0.6) is 0 Å². The molecule has 2 amide bonds. The molecule has 0 aliphatic heterocycles. The van der Waals surface area contributed by atoms with Gasteiger partial charge in [-0.05, 0) is 32.7 Å². The summed E-state index contributed by atoms with van der Waals surface area (Å²) in [6.45, 7) is 2.50. The molecule has 0 aromatic heterocycles. The molecule has 1 aliphatic carbocycles. The Bertz CT molecular complexity index is 357. The van der Waals surface area contributed by atoms with Gasteiger partial charge in [0.1, 0.15) is 6.61 Å². The molecule has 2 N–H and O–H groups in total. The minimum Gasteiger partial charge on any atom is -0.382 e. The van der Waals surface area contributed by atoms with E-state index < -0.39 is 0 Å². The number of carbonyl (C=O) groups excluding carboxylic acids is 2. The minimum atomic E-state index is -0.0954. The molecule has 1 aliphatic rings. The van der Waals surface area contributed by atoms with Crippen molar-refractivity contribution in [3.05, 3.63) is 0 Å². The molecule has 1 saturated carbocycles. The van der Waals surface area contributed by atoms with Gasteiger partial charge in [0.15, 0.2) is 0 Å². The monoisotopic (exact) mass is 329 g/mol. The largest absolute Gasteiger partial charge is 0.382 e. The molecule has 0 spiro atoms. The van der Waals surface area contributed by atoms with Gasteiger partial charge in [-0.15, -0.1) is 0 Å². The van der Waals surface area contributed by atoms with Crippen molar-refractivity contribution in [1.29, 1.82) is 0 Å². The summed E-state index contributed by atoms with van der Waals surface area (Å²) < 4.78 is 10.1. The molecule has 0 heterocycles. The van der Waals surface area contributed by atoms with Crippen LogP contribution in [0.2, 0.25) is 0 Å². The van der Waals surface area contributed by atoms with Crippen LogP contribution in [-0.4, -0.2) is 76.9 Å². The number of amides is 2. The maximum absolute atomic E-state index is 12.3. The normalized spacial score (nSPS) is 21.0. The van der Waals surface area contributed by atoms with Crippen molar-refractivity contribution in [2.24, 2.45) is 5.92 Å². The Morgan fingerprint density at radius 1 is 1.17 bits per heavy atom. The average molecular weight is 329 g/mol. The third-order valence-electron chi connectivity index (χ3n) is 4.18. The fourth-order valence-electron chi connectivity index (χ4n) is 2.76. The predicted octanol–water partition coefficient (Wildman–Crippen LogP) is 0.00220. The van der Waals surface area contributed by atoms with Crippen LogP contribution in [0.3, 0.4) is 0 Å². The van der Waals surface area contributed by atoms with E-state index in [0.29, 0.717) is 13.2 Å². The van der Waals surface area contributed by atoms with E-state index in [1.807, 2.05) is 14.1 Å². The number of hydrogen-bond acceptors (Lipinski definition) is 5. The summed E-state index contributed by atoms with van der Waals surface area (Å²) in [5, 5.41) is 6.03. The van der Waals surface area contributed by atoms with Crippen molar-refractivity contribution >= 4 is 11.8 Å². The smallest absolute Gasteiger partial charge is 0.246 e. The van der Waals surface area contributed by atoms with Gasteiger partial charge in [-0.1, -0.05) is 0 Å². The zero-order valence-corrected chi connectivity index (χ0v) is 14.6. The van der Waals surface area contributed by atoms with Gasteiger partial charge in [0.05, 0.1) is 13.2 Å². The lowest BCUT2D eigenvalue weighted by Crippen LogP contribution is -2.43. The number of nitrogens with zero attached hydrogens (tertiary/aromatic N) is 1. The first-order chi connectivity index (χ1) is 11.1. The van der Waals surface area contributed by atoms with Gasteiger partial charge < -0.3 is 25.0 Å². The van der Waals surface area contributed by atoms with Crippen LogP contribution in [0.15, 0.2) is 0 Å². The lowest BCUT2D eigenvalue weighted by molar-refractivity contribution is -0.135. The quantitative estimate of drug-likeness (QED) is 0.552. The van der Waals surface area contributed by atoms with E-state index in [-0.39, 0.29) is 30.4 Å². The Morgan fingerprint density at radius 2 is 1.87 bits per heavy atom. The third-order valence-corrected chi connectivity index (χ3v) is 4.18. The molecule has 134 valence electrons. The fraction of sp³-hybridized carbons (Fsp3) is 0.875. The number of hydrogen-bond donors (Lipinski definition) is 2. The minimum absolute atomic E-state index is 0.0645. The Hall–Kier alpha value is -1.18. The number of ether oxygens (including phenoxy) is 2. The van der Waals surface area contributed by atoms with Gasteiger partial charge in [-0.2, -0.15) is 0 Å². The van der Waals surface area contributed by atoms with E-state index in [1.165, 1.54) is 0 Å². The lowest BCUT2D eigenvalue weighted by atomic mass is 9.85. The summed E-state index contributed by atoms with van der Waals surface area (Å²) >= 11 is 0. The van der Waals surface area contributed by atoms with E-state index in [0.717, 1.165) is 38.8 Å². The molecule has 23 heavy (non-hydrogen) atoms. The number of methoxy groups -OCH3 is 1. The second-order valence-electron chi connectivity index (χ2n) is 6.02. The van der Waals surface area contributed by atoms with Crippen LogP contribution >= 0.6 is 0 Å². The van der Waals surface area contributed by atoms with Crippen LogP contribution in [0.25, 0.3) is 0 Å². The fourth-order valence-corrected chi connectivity index (χ4v) is 2.76. The average Bonchev–Trinajstić information content (AvgIpc) is 2.56. The highest BCUT2D eigenvalue weighted by Gasteiger charge is 2.28. The molecule has 0 atom stereocenters. The Kier molecular flexibility index (Phi) is 9.82. The first kappa shape index (κ1) is 19.9. The molecule has 0 radical (unpaired) electrons. The Labute approximate surface area is 139 Å². The van der Waals surface area contributed by atoms with Crippen LogP contribution < -0.4 is 10.6 Å². The second-order valence-corrected chi connectivity index (χ2v) is 6.02. The van der Waals surface area contributed by atoms with Gasteiger partial charge >= 0.3 is 0 Å². The number of likely N-dealkylation sites (N-methyl/N-ethyl adjacent to an activating group) is 2. The van der Waals surface area contributed by atoms with Crippen molar-refractivity contribution in [3.8, 4) is 0 Å². The molecule has 0 unspecified atom stereocenters. The molecule has 7 heteroatoms. The topological polar surface area (TPSA) is 79.9 Å². The summed E-state index contributed by atoms with van der Waals surface area (Å²) in [7, 11) is 5.33. The summed E-state index contributed by atoms with van der Waals surface area (Å²) in [5.41, 5.74) is 0. The van der Waals surface area contributed by atoms with E-state index in [9.17, 15) is 9.59 Å². The molecular weight excluding hydrogens is 298 g/mol. The molecule has 0 bridgehead atoms. The molecule has 7 nitrogen and oxygen atoms in total. The van der Waals surface area contributed by atoms with E-state index in [2.05, 4.69) is 10.6 Å². The standard InChI is InChI=1S/C16H31N3O4/c1-17-8-9-19(2)16(21)13-4-6-14(7-5-13)18-15(20)12-23-11-10-22-3/h13-14,17H,4-12H2,1-3H3,(H,18,20). The van der Waals surface area contributed by atoms with Crippen molar-refractivity contribution in [1.82, 2.24) is 15.5 Å². The predicted molar refractivity (Wildman–Crippen MR) is 88.1 cm³/mol. The molecule has 0 aromatic rings. The number of carbonyl (C=O) groups is 2. The van der Waals surface area contributed by atoms with Crippen LogP contribution in [0, 0.1) is 5.92 Å². The van der Waals surface area contributed by atoms with Crippen molar-refractivity contribution in [3.63, 3.8) is 0 Å². The van der Waals surface area contributed by atoms with Crippen LogP contribution in [-0.2, 0) is 19.1 Å². The number of rotatable bonds is 10. The maximum atomic E-state index is 12.3. The van der Waals surface area contributed by atoms with E-state index in [1.54, 1.807) is 12.0 Å². The molecule has 0 aromatic carbocycles. The summed E-state index contributed by atoms with van der Waals surface area (Å²) in [4.78, 5) is 25.9. The van der Waals surface area contributed by atoms with Crippen molar-refractivity contribution in [2.75, 3.05) is 54.1 Å². The van der Waals surface area contributed by atoms with Crippen molar-refractivity contribution < 1.29 is 19.1 Å². The highest BCUT2D eigenvalue weighted by atomic mass is 16.5. The van der Waals surface area contributed by atoms with E-state index >= 15 is 0 Å². The first-order valence-corrected chi connectivity index (χ1v) is 8.34. The van der Waals surface area contributed by atoms with Gasteiger partial charge in [0.2, 0.25) is 11.8 Å². The van der Waals surface area contributed by atoms with Gasteiger partial charge in [0, 0.05) is 39.2 Å². The Morgan fingerprint density at radius 3 is 2.48 bits per heavy atom. The third kappa shape index (κ3) is 7.76. The SMILES string of the molecule is CNCCN(C)C(=O)C1CCC(NC(=O)COCCOC)CC1. The summed E-state index contributed by atoms with van der Waals surface area (Å²) in [5.74, 6) is 0.206. The highest BCUT2D eigenvalue weighted by Crippen LogP contribution is 2.25. The van der Waals surface area contributed by atoms with Gasteiger partial charge in [0.25, 0.3) is 0 Å². The summed E-state index contributed by atoms with van der Waals surface area (Å²) in [6, 6.07) is 0.153. The molecular formula is C16H31N3O4. The van der Waals surface area contributed by atoms with Crippen LogP contribution in [0.4, 0.5) is 0 Å². The Balaban J connectivity index is 2.21. The molecule has 1 fully saturated rings. The number of nitrogens with one attached hydrogen (secondary N) is 2. The first-order valence-electron chi connectivity index (χ1n) is 8.34.